The molecular weight excluding hydrogens is 216 g/mol. The molecule has 1 saturated carbocycles. The highest BCUT2D eigenvalue weighted by Crippen LogP contribution is 2.32. The highest BCUT2D eigenvalue weighted by atomic mass is 28.2. The van der Waals surface area contributed by atoms with Gasteiger partial charge in [-0.05, 0) is 36.5 Å². The maximum atomic E-state index is 11.4. The van der Waals surface area contributed by atoms with E-state index in [4.69, 9.17) is 0 Å². The zero-order chi connectivity index (χ0) is 11.4. The number of carbonyl (C=O) groups is 1. The Morgan fingerprint density at radius 1 is 1.25 bits per heavy atom. The summed E-state index contributed by atoms with van der Waals surface area (Å²) in [5.74, 6) is 0.297. The molecule has 16 heavy (non-hydrogen) atoms. The second kappa shape index (κ2) is 5.30. The van der Waals surface area contributed by atoms with Gasteiger partial charge in [0.1, 0.15) is 0 Å². The summed E-state index contributed by atoms with van der Waals surface area (Å²) in [5.41, 5.74) is 1.90. The molecule has 0 saturated heterocycles. The van der Waals surface area contributed by atoms with E-state index >= 15 is 0 Å². The first-order valence-electron chi connectivity index (χ1n) is 5.79. The van der Waals surface area contributed by atoms with E-state index in [1.165, 1.54) is 37.7 Å². The molecular formula is C13H15O2Si. The van der Waals surface area contributed by atoms with Crippen molar-refractivity contribution >= 4 is 16.5 Å². The number of benzene rings is 1. The largest absolute Gasteiger partial charge is 0.513 e. The van der Waals surface area contributed by atoms with Crippen molar-refractivity contribution in [2.75, 3.05) is 0 Å². The van der Waals surface area contributed by atoms with Gasteiger partial charge in [-0.15, -0.1) is 0 Å². The maximum Gasteiger partial charge on any atom is 0.345 e. The lowest BCUT2D eigenvalue weighted by atomic mass is 9.84. The molecule has 0 atom stereocenters. The van der Waals surface area contributed by atoms with Gasteiger partial charge in [0.05, 0.1) is 5.56 Å². The lowest BCUT2D eigenvalue weighted by Crippen LogP contribution is -2.07. The van der Waals surface area contributed by atoms with Crippen LogP contribution in [0.2, 0.25) is 0 Å². The van der Waals surface area contributed by atoms with Crippen molar-refractivity contribution in [2.24, 2.45) is 0 Å². The lowest BCUT2D eigenvalue weighted by molar-refractivity contribution is 0.0749. The lowest BCUT2D eigenvalue weighted by Gasteiger charge is -2.22. The first-order valence-corrected chi connectivity index (χ1v) is 6.20. The molecule has 3 radical (unpaired) electrons. The molecule has 0 bridgehead atoms. The Bertz CT molecular complexity index is 370. The first kappa shape index (κ1) is 11.4. The summed E-state index contributed by atoms with van der Waals surface area (Å²) in [6.45, 7) is 0. The molecule has 1 aliphatic carbocycles. The average molecular weight is 231 g/mol. The van der Waals surface area contributed by atoms with Crippen LogP contribution in [-0.2, 0) is 4.43 Å². The van der Waals surface area contributed by atoms with Crippen molar-refractivity contribution in [2.45, 2.75) is 38.0 Å². The SMILES string of the molecule is O=C(O[Si])c1cccc(C2CCCCC2)c1. The van der Waals surface area contributed by atoms with Crippen molar-refractivity contribution < 1.29 is 9.22 Å². The Balaban J connectivity index is 2.17. The van der Waals surface area contributed by atoms with E-state index in [0.29, 0.717) is 11.5 Å². The average Bonchev–Trinajstić information content (AvgIpc) is 2.39. The van der Waals surface area contributed by atoms with Gasteiger partial charge in [-0.2, -0.15) is 0 Å². The topological polar surface area (TPSA) is 26.3 Å². The van der Waals surface area contributed by atoms with Gasteiger partial charge < -0.3 is 4.43 Å². The third-order valence-corrected chi connectivity index (χ3v) is 3.48. The Labute approximate surface area is 99.5 Å². The van der Waals surface area contributed by atoms with Crippen LogP contribution in [0.25, 0.3) is 0 Å². The summed E-state index contributed by atoms with van der Waals surface area (Å²) in [5, 5.41) is 0. The summed E-state index contributed by atoms with van der Waals surface area (Å²) in [7, 11) is 2.77. The minimum absolute atomic E-state index is 0.325. The van der Waals surface area contributed by atoms with Gasteiger partial charge in [-0.1, -0.05) is 31.4 Å². The maximum absolute atomic E-state index is 11.4. The van der Waals surface area contributed by atoms with Crippen molar-refractivity contribution in [1.29, 1.82) is 0 Å². The van der Waals surface area contributed by atoms with Crippen LogP contribution in [0.3, 0.4) is 0 Å². The van der Waals surface area contributed by atoms with Crippen molar-refractivity contribution in [1.82, 2.24) is 0 Å². The Hall–Kier alpha value is -1.09. The normalized spacial score (nSPS) is 17.1. The van der Waals surface area contributed by atoms with E-state index in [1.807, 2.05) is 12.1 Å². The second-order valence-electron chi connectivity index (χ2n) is 4.35. The predicted molar refractivity (Wildman–Crippen MR) is 63.4 cm³/mol. The number of hydrogen-bond acceptors (Lipinski definition) is 2. The van der Waals surface area contributed by atoms with E-state index in [9.17, 15) is 4.79 Å². The minimum atomic E-state index is -0.325. The monoisotopic (exact) mass is 231 g/mol. The summed E-state index contributed by atoms with van der Waals surface area (Å²) < 4.78 is 4.55. The molecule has 2 nitrogen and oxygen atoms in total. The fraction of sp³-hybridized carbons (Fsp3) is 0.462. The predicted octanol–water partition coefficient (Wildman–Crippen LogP) is 2.97. The van der Waals surface area contributed by atoms with E-state index in [0.717, 1.165) is 0 Å². The molecule has 3 heteroatoms. The van der Waals surface area contributed by atoms with Gasteiger partial charge in [-0.25, -0.2) is 4.79 Å². The molecule has 0 amide bonds. The summed E-state index contributed by atoms with van der Waals surface area (Å²) in [6, 6.07) is 7.79. The Morgan fingerprint density at radius 2 is 2.00 bits per heavy atom. The van der Waals surface area contributed by atoms with Crippen LogP contribution in [0.5, 0.6) is 0 Å². The van der Waals surface area contributed by atoms with Gasteiger partial charge in [0.25, 0.3) is 0 Å². The Kier molecular flexibility index (Phi) is 3.77. The zero-order valence-electron chi connectivity index (χ0n) is 9.24. The van der Waals surface area contributed by atoms with Gasteiger partial charge in [-0.3, -0.25) is 0 Å². The molecule has 0 N–H and O–H groups in total. The van der Waals surface area contributed by atoms with Gasteiger partial charge >= 0.3 is 16.5 Å². The fourth-order valence-electron chi connectivity index (χ4n) is 2.41. The second-order valence-corrected chi connectivity index (χ2v) is 4.55. The number of hydrogen-bond donors (Lipinski definition) is 0. The molecule has 1 fully saturated rings. The molecule has 0 aromatic heterocycles. The van der Waals surface area contributed by atoms with Crippen LogP contribution in [0, 0.1) is 0 Å². The standard InChI is InChI=1S/C13H15O2Si/c14-13(15-16)12-8-4-7-11(9-12)10-5-2-1-3-6-10/h4,7-10H,1-3,5-6H2. The smallest absolute Gasteiger partial charge is 0.345 e. The molecule has 0 heterocycles. The summed E-state index contributed by atoms with van der Waals surface area (Å²) in [6.07, 6.45) is 6.44. The third kappa shape index (κ3) is 2.53. The first-order chi connectivity index (χ1) is 7.81. The molecule has 83 valence electrons. The van der Waals surface area contributed by atoms with Gasteiger partial charge in [0.2, 0.25) is 0 Å². The van der Waals surface area contributed by atoms with E-state index < -0.39 is 0 Å². The van der Waals surface area contributed by atoms with Crippen LogP contribution in [0.15, 0.2) is 24.3 Å². The molecule has 1 aliphatic rings. The van der Waals surface area contributed by atoms with Crippen molar-refractivity contribution in [3.05, 3.63) is 35.4 Å². The molecule has 0 spiro atoms. The zero-order valence-corrected chi connectivity index (χ0v) is 10.2. The quantitative estimate of drug-likeness (QED) is 0.731. The van der Waals surface area contributed by atoms with Gasteiger partial charge in [0, 0.05) is 0 Å². The van der Waals surface area contributed by atoms with E-state index in [-0.39, 0.29) is 5.97 Å². The third-order valence-electron chi connectivity index (χ3n) is 3.29. The number of rotatable bonds is 2. The Morgan fingerprint density at radius 3 is 2.69 bits per heavy atom. The minimum Gasteiger partial charge on any atom is -0.513 e. The van der Waals surface area contributed by atoms with Crippen molar-refractivity contribution in [3.8, 4) is 0 Å². The van der Waals surface area contributed by atoms with Crippen molar-refractivity contribution in [3.63, 3.8) is 0 Å². The van der Waals surface area contributed by atoms with Crippen LogP contribution < -0.4 is 0 Å². The highest BCUT2D eigenvalue weighted by molar-refractivity contribution is 6.09. The summed E-state index contributed by atoms with van der Waals surface area (Å²) >= 11 is 0. The van der Waals surface area contributed by atoms with Crippen LogP contribution in [0.1, 0.15) is 53.9 Å². The molecule has 2 rings (SSSR count). The van der Waals surface area contributed by atoms with Crippen LogP contribution in [0.4, 0.5) is 0 Å². The van der Waals surface area contributed by atoms with E-state index in [1.54, 1.807) is 6.07 Å². The molecule has 1 aromatic carbocycles. The molecule has 0 unspecified atom stereocenters. The summed E-state index contributed by atoms with van der Waals surface area (Å²) in [4.78, 5) is 11.4. The molecule has 1 aromatic rings. The van der Waals surface area contributed by atoms with Crippen LogP contribution in [-0.4, -0.2) is 16.5 Å². The molecule has 0 aliphatic heterocycles. The number of carbonyl (C=O) groups excluding carboxylic acids is 1. The van der Waals surface area contributed by atoms with E-state index in [2.05, 4.69) is 21.0 Å². The highest BCUT2D eigenvalue weighted by Gasteiger charge is 2.16. The van der Waals surface area contributed by atoms with Gasteiger partial charge in [0.15, 0.2) is 0 Å². The van der Waals surface area contributed by atoms with Crippen LogP contribution >= 0.6 is 0 Å². The fourth-order valence-corrected chi connectivity index (χ4v) is 2.53.